The first-order valence-corrected chi connectivity index (χ1v) is 7.30. The number of carbonyl (C=O) groups is 2. The molecule has 1 atom stereocenters. The van der Waals surface area contributed by atoms with Crippen LogP contribution in [0.4, 0.5) is 0 Å². The third-order valence-electron chi connectivity index (χ3n) is 2.75. The molecule has 2 aromatic rings. The van der Waals surface area contributed by atoms with Gasteiger partial charge in [0, 0.05) is 6.20 Å². The Kier molecular flexibility index (Phi) is 5.16. The molecule has 1 aromatic heterocycles. The van der Waals surface area contributed by atoms with Crippen LogP contribution in [0.25, 0.3) is 5.69 Å². The first-order valence-electron chi connectivity index (χ1n) is 6.50. The van der Waals surface area contributed by atoms with Gasteiger partial charge >= 0.3 is 0 Å². The number of nitrogens with one attached hydrogen (secondary N) is 1. The number of benzene rings is 1. The quantitative estimate of drug-likeness (QED) is 0.796. The van der Waals surface area contributed by atoms with E-state index in [9.17, 15) is 9.59 Å². The van der Waals surface area contributed by atoms with Gasteiger partial charge in [0.25, 0.3) is 5.91 Å². The number of hydrogen-bond donors (Lipinski definition) is 2. The fourth-order valence-electron chi connectivity index (χ4n) is 1.67. The summed E-state index contributed by atoms with van der Waals surface area (Å²) in [5.74, 6) is -0.777. The van der Waals surface area contributed by atoms with E-state index in [0.717, 1.165) is 5.69 Å². The van der Waals surface area contributed by atoms with E-state index in [1.165, 1.54) is 0 Å². The number of carbonyl (C=O) groups excluding carboxylic acids is 2. The van der Waals surface area contributed by atoms with Crippen LogP contribution < -0.4 is 15.8 Å². The Bertz CT molecular complexity index is 672. The van der Waals surface area contributed by atoms with Gasteiger partial charge in [0.2, 0.25) is 11.8 Å². The molecule has 2 rings (SSSR count). The molecule has 3 N–H and O–H groups in total. The standard InChI is InChI=1S/C14H15BrN4O3/c1-9(13(21)17-7-12(16)20)22-14-11(15)8-19(18-14)10-5-3-2-4-6-10/h2-6,8-9H,7H2,1H3,(H2,16,20)(H,17,21)/t9-/m0/s1. The number of halogens is 1. The van der Waals surface area contributed by atoms with Crippen molar-refractivity contribution in [3.63, 3.8) is 0 Å². The number of nitrogens with two attached hydrogens (primary N) is 1. The van der Waals surface area contributed by atoms with Crippen molar-refractivity contribution in [1.29, 1.82) is 0 Å². The maximum Gasteiger partial charge on any atom is 0.261 e. The van der Waals surface area contributed by atoms with Crippen LogP contribution >= 0.6 is 15.9 Å². The number of aromatic nitrogens is 2. The summed E-state index contributed by atoms with van der Waals surface area (Å²) in [4.78, 5) is 22.4. The van der Waals surface area contributed by atoms with Gasteiger partial charge in [0.15, 0.2) is 6.10 Å². The second-order valence-electron chi connectivity index (χ2n) is 4.51. The molecule has 0 radical (unpaired) electrons. The Hall–Kier alpha value is -2.35. The Morgan fingerprint density at radius 2 is 2.09 bits per heavy atom. The zero-order valence-electron chi connectivity index (χ0n) is 11.8. The number of ether oxygens (including phenoxy) is 1. The van der Waals surface area contributed by atoms with Gasteiger partial charge in [0.05, 0.1) is 16.7 Å². The summed E-state index contributed by atoms with van der Waals surface area (Å²) in [6, 6.07) is 9.49. The number of para-hydroxylation sites is 1. The van der Waals surface area contributed by atoms with Crippen molar-refractivity contribution in [3.05, 3.63) is 41.0 Å². The molecular weight excluding hydrogens is 352 g/mol. The molecule has 0 saturated heterocycles. The molecular formula is C14H15BrN4O3. The summed E-state index contributed by atoms with van der Waals surface area (Å²) in [6.45, 7) is 1.33. The lowest BCUT2D eigenvalue weighted by molar-refractivity contribution is -0.129. The van der Waals surface area contributed by atoms with Crippen molar-refractivity contribution in [1.82, 2.24) is 15.1 Å². The van der Waals surface area contributed by atoms with E-state index >= 15 is 0 Å². The highest BCUT2D eigenvalue weighted by atomic mass is 79.9. The minimum Gasteiger partial charge on any atom is -0.463 e. The molecule has 116 valence electrons. The minimum absolute atomic E-state index is 0.230. The third kappa shape index (κ3) is 4.08. The number of hydrogen-bond acceptors (Lipinski definition) is 4. The highest BCUT2D eigenvalue weighted by molar-refractivity contribution is 9.10. The van der Waals surface area contributed by atoms with Crippen LogP contribution in [-0.4, -0.2) is 34.2 Å². The van der Waals surface area contributed by atoms with Gasteiger partial charge in [0.1, 0.15) is 0 Å². The van der Waals surface area contributed by atoms with E-state index in [-0.39, 0.29) is 12.4 Å². The van der Waals surface area contributed by atoms with Crippen molar-refractivity contribution in [2.24, 2.45) is 5.73 Å². The fourth-order valence-corrected chi connectivity index (χ4v) is 2.04. The molecule has 1 heterocycles. The van der Waals surface area contributed by atoms with E-state index in [1.807, 2.05) is 30.3 Å². The maximum atomic E-state index is 11.7. The number of amides is 2. The van der Waals surface area contributed by atoms with Gasteiger partial charge in [-0.2, -0.15) is 0 Å². The second kappa shape index (κ2) is 7.08. The molecule has 0 bridgehead atoms. The summed E-state index contributed by atoms with van der Waals surface area (Å²) >= 11 is 3.34. The SMILES string of the molecule is C[C@H](Oc1nn(-c2ccccc2)cc1Br)C(=O)NCC(N)=O. The van der Waals surface area contributed by atoms with E-state index in [2.05, 4.69) is 26.3 Å². The second-order valence-corrected chi connectivity index (χ2v) is 5.36. The van der Waals surface area contributed by atoms with Gasteiger partial charge in [-0.25, -0.2) is 4.68 Å². The summed E-state index contributed by atoms with van der Waals surface area (Å²) in [5.41, 5.74) is 5.83. The van der Waals surface area contributed by atoms with Crippen LogP contribution in [-0.2, 0) is 9.59 Å². The number of rotatable bonds is 6. The summed E-state index contributed by atoms with van der Waals surface area (Å²) in [6.07, 6.45) is 0.924. The molecule has 0 aliphatic heterocycles. The Morgan fingerprint density at radius 1 is 1.41 bits per heavy atom. The van der Waals surface area contributed by atoms with Crippen LogP contribution in [0.3, 0.4) is 0 Å². The highest BCUT2D eigenvalue weighted by Gasteiger charge is 2.18. The van der Waals surface area contributed by atoms with Crippen molar-refractivity contribution in [2.75, 3.05) is 6.54 Å². The van der Waals surface area contributed by atoms with Crippen molar-refractivity contribution in [3.8, 4) is 11.6 Å². The van der Waals surface area contributed by atoms with Gasteiger partial charge in [-0.1, -0.05) is 18.2 Å². The third-order valence-corrected chi connectivity index (χ3v) is 3.30. The zero-order valence-corrected chi connectivity index (χ0v) is 13.4. The highest BCUT2D eigenvalue weighted by Crippen LogP contribution is 2.25. The van der Waals surface area contributed by atoms with Gasteiger partial charge < -0.3 is 15.8 Å². The Balaban J connectivity index is 2.06. The molecule has 2 amide bonds. The summed E-state index contributed by atoms with van der Waals surface area (Å²) in [5, 5.41) is 6.65. The zero-order chi connectivity index (χ0) is 16.1. The average Bonchev–Trinajstić information content (AvgIpc) is 2.86. The molecule has 22 heavy (non-hydrogen) atoms. The lowest BCUT2D eigenvalue weighted by Gasteiger charge is -2.12. The maximum absolute atomic E-state index is 11.7. The van der Waals surface area contributed by atoms with Gasteiger partial charge in [-0.05, 0) is 35.0 Å². The van der Waals surface area contributed by atoms with E-state index in [4.69, 9.17) is 10.5 Å². The van der Waals surface area contributed by atoms with E-state index in [1.54, 1.807) is 17.8 Å². The first-order chi connectivity index (χ1) is 10.5. The monoisotopic (exact) mass is 366 g/mol. The average molecular weight is 367 g/mol. The molecule has 8 heteroatoms. The van der Waals surface area contributed by atoms with Crippen molar-refractivity contribution >= 4 is 27.7 Å². The lowest BCUT2D eigenvalue weighted by Crippen LogP contribution is -2.40. The van der Waals surface area contributed by atoms with Crippen LogP contribution in [0.15, 0.2) is 41.0 Å². The molecule has 0 fully saturated rings. The van der Waals surface area contributed by atoms with E-state index in [0.29, 0.717) is 4.47 Å². The van der Waals surface area contributed by atoms with Crippen molar-refractivity contribution < 1.29 is 14.3 Å². The smallest absolute Gasteiger partial charge is 0.261 e. The Morgan fingerprint density at radius 3 is 2.73 bits per heavy atom. The molecule has 0 aliphatic carbocycles. The first kappa shape index (κ1) is 16.0. The predicted octanol–water partition coefficient (Wildman–Crippen LogP) is 1.00. The molecule has 0 aliphatic rings. The predicted molar refractivity (Wildman–Crippen MR) is 83.6 cm³/mol. The molecule has 1 aromatic carbocycles. The van der Waals surface area contributed by atoms with Crippen LogP contribution in [0, 0.1) is 0 Å². The normalized spacial score (nSPS) is 11.7. The number of primary amides is 1. The van der Waals surface area contributed by atoms with Gasteiger partial charge in [-0.15, -0.1) is 5.10 Å². The minimum atomic E-state index is -0.810. The molecule has 0 unspecified atom stereocenters. The molecule has 0 spiro atoms. The van der Waals surface area contributed by atoms with Crippen LogP contribution in [0.1, 0.15) is 6.92 Å². The largest absolute Gasteiger partial charge is 0.463 e. The Labute approximate surface area is 135 Å². The lowest BCUT2D eigenvalue weighted by atomic mass is 10.3. The van der Waals surface area contributed by atoms with Crippen LogP contribution in [0.5, 0.6) is 5.88 Å². The van der Waals surface area contributed by atoms with E-state index < -0.39 is 17.9 Å². The van der Waals surface area contributed by atoms with Gasteiger partial charge in [-0.3, -0.25) is 9.59 Å². The number of nitrogens with zero attached hydrogens (tertiary/aromatic N) is 2. The topological polar surface area (TPSA) is 99.2 Å². The van der Waals surface area contributed by atoms with Crippen molar-refractivity contribution in [2.45, 2.75) is 13.0 Å². The fraction of sp³-hybridized carbons (Fsp3) is 0.214. The summed E-state index contributed by atoms with van der Waals surface area (Å²) < 4.78 is 7.75. The molecule has 0 saturated carbocycles. The van der Waals surface area contributed by atoms with Crippen LogP contribution in [0.2, 0.25) is 0 Å². The summed E-state index contributed by atoms with van der Waals surface area (Å²) in [7, 11) is 0. The molecule has 7 nitrogen and oxygen atoms in total.